The van der Waals surface area contributed by atoms with Crippen LogP contribution in [0.5, 0.6) is 11.5 Å². The quantitative estimate of drug-likeness (QED) is 0.210. The molecule has 0 heterocycles. The van der Waals surface area contributed by atoms with Gasteiger partial charge in [-0.05, 0) is 60.9 Å². The first-order valence-corrected chi connectivity index (χ1v) is 13.3. The Balaban J connectivity index is 1.52. The van der Waals surface area contributed by atoms with E-state index in [4.69, 9.17) is 30.5 Å². The third-order valence-corrected chi connectivity index (χ3v) is 6.12. The van der Waals surface area contributed by atoms with Crippen molar-refractivity contribution in [1.82, 2.24) is 4.90 Å². The Labute approximate surface area is 238 Å². The molecule has 3 aromatic carbocycles. The topological polar surface area (TPSA) is 94.5 Å². The molecule has 0 saturated heterocycles. The Hall–Kier alpha value is -3.66. The minimum atomic E-state index is -1.01. The molecule has 1 amide bonds. The third-order valence-electron chi connectivity index (χ3n) is 5.81. The molecule has 0 saturated carbocycles. The Bertz CT molecular complexity index is 1210. The predicted molar refractivity (Wildman–Crippen MR) is 148 cm³/mol. The zero-order valence-electron chi connectivity index (χ0n) is 22.3. The number of nitrogens with zero attached hydrogens (tertiary/aromatic N) is 1. The fraction of sp³-hybridized carbons (Fsp3) is 0.333. The van der Waals surface area contributed by atoms with E-state index < -0.39 is 18.2 Å². The van der Waals surface area contributed by atoms with Gasteiger partial charge in [0.05, 0.1) is 18.2 Å². The molecule has 40 heavy (non-hydrogen) atoms. The van der Waals surface area contributed by atoms with E-state index in [1.165, 1.54) is 17.0 Å². The molecule has 1 N–H and O–H groups in total. The highest BCUT2D eigenvalue weighted by Crippen LogP contribution is 2.24. The lowest BCUT2D eigenvalue weighted by molar-refractivity contribution is -0.149. The molecule has 0 aliphatic rings. The Morgan fingerprint density at radius 1 is 0.950 bits per heavy atom. The van der Waals surface area contributed by atoms with E-state index >= 15 is 0 Å². The van der Waals surface area contributed by atoms with Gasteiger partial charge in [0.1, 0.15) is 18.2 Å². The van der Waals surface area contributed by atoms with E-state index in [1.807, 2.05) is 0 Å². The molecule has 10 heteroatoms. The molecule has 1 atom stereocenters. The molecule has 1 unspecified atom stereocenters. The highest BCUT2D eigenvalue weighted by Gasteiger charge is 2.19. The number of carboxylic acid groups (broad SMARTS) is 1. The van der Waals surface area contributed by atoms with Crippen molar-refractivity contribution in [3.63, 3.8) is 0 Å². The maximum absolute atomic E-state index is 13.1. The maximum Gasteiger partial charge on any atom is 0.415 e. The number of benzene rings is 3. The summed E-state index contributed by atoms with van der Waals surface area (Å²) in [5, 5.41) is 9.60. The van der Waals surface area contributed by atoms with Gasteiger partial charge in [-0.15, -0.1) is 0 Å². The SMILES string of the molecule is CCOC(Cc1ccc(OCCN(CCCOCc2ccc(F)cc2)C(=O)Oc2ccccc2Cl)cc1)C(=O)O. The van der Waals surface area contributed by atoms with Crippen LogP contribution in [0, 0.1) is 5.82 Å². The fourth-order valence-electron chi connectivity index (χ4n) is 3.74. The van der Waals surface area contributed by atoms with Crippen LogP contribution >= 0.6 is 11.6 Å². The van der Waals surface area contributed by atoms with Gasteiger partial charge in [-0.3, -0.25) is 0 Å². The number of para-hydroxylation sites is 1. The van der Waals surface area contributed by atoms with Gasteiger partial charge in [0.25, 0.3) is 0 Å². The molecule has 0 radical (unpaired) electrons. The molecule has 0 spiro atoms. The number of rotatable bonds is 16. The molecule has 0 aliphatic heterocycles. The van der Waals surface area contributed by atoms with E-state index in [-0.39, 0.29) is 31.1 Å². The first kappa shape index (κ1) is 30.9. The summed E-state index contributed by atoms with van der Waals surface area (Å²) >= 11 is 6.15. The summed E-state index contributed by atoms with van der Waals surface area (Å²) in [5.74, 6) is -0.473. The lowest BCUT2D eigenvalue weighted by atomic mass is 10.1. The number of halogens is 2. The number of hydrogen-bond acceptors (Lipinski definition) is 6. The Morgan fingerprint density at radius 3 is 2.33 bits per heavy atom. The van der Waals surface area contributed by atoms with Crippen LogP contribution in [0.25, 0.3) is 0 Å². The Kier molecular flexibility index (Phi) is 12.7. The Morgan fingerprint density at radius 2 is 1.65 bits per heavy atom. The summed E-state index contributed by atoms with van der Waals surface area (Å²) < 4.78 is 35.3. The molecule has 8 nitrogen and oxygen atoms in total. The van der Waals surface area contributed by atoms with Crippen LogP contribution < -0.4 is 9.47 Å². The van der Waals surface area contributed by atoms with E-state index in [1.54, 1.807) is 67.6 Å². The van der Waals surface area contributed by atoms with Crippen molar-refractivity contribution in [2.75, 3.05) is 32.9 Å². The smallest absolute Gasteiger partial charge is 0.415 e. The highest BCUT2D eigenvalue weighted by atomic mass is 35.5. The average Bonchev–Trinajstić information content (AvgIpc) is 2.94. The van der Waals surface area contributed by atoms with Crippen LogP contribution in [0.4, 0.5) is 9.18 Å². The molecule has 214 valence electrons. The van der Waals surface area contributed by atoms with Crippen molar-refractivity contribution < 1.29 is 38.0 Å². The van der Waals surface area contributed by atoms with Crippen molar-refractivity contribution in [2.45, 2.75) is 32.5 Å². The monoisotopic (exact) mass is 573 g/mol. The van der Waals surface area contributed by atoms with Crippen LogP contribution in [-0.2, 0) is 27.3 Å². The second-order valence-corrected chi connectivity index (χ2v) is 9.20. The third kappa shape index (κ3) is 10.5. The lowest BCUT2D eigenvalue weighted by Crippen LogP contribution is -2.38. The van der Waals surface area contributed by atoms with Gasteiger partial charge in [-0.1, -0.05) is 48.0 Å². The minimum absolute atomic E-state index is 0.199. The predicted octanol–water partition coefficient (Wildman–Crippen LogP) is 6.00. The van der Waals surface area contributed by atoms with Crippen molar-refractivity contribution in [3.8, 4) is 11.5 Å². The summed E-state index contributed by atoms with van der Waals surface area (Å²) in [4.78, 5) is 25.8. The zero-order chi connectivity index (χ0) is 28.7. The van der Waals surface area contributed by atoms with Crippen molar-refractivity contribution in [3.05, 3.63) is 94.8 Å². The number of aliphatic carboxylic acids is 1. The van der Waals surface area contributed by atoms with Gasteiger partial charge in [0, 0.05) is 26.2 Å². The maximum atomic E-state index is 13.1. The molecule has 0 fully saturated rings. The summed E-state index contributed by atoms with van der Waals surface area (Å²) in [6, 6.07) is 19.9. The van der Waals surface area contributed by atoms with Crippen LogP contribution in [0.3, 0.4) is 0 Å². The zero-order valence-corrected chi connectivity index (χ0v) is 23.0. The number of amides is 1. The van der Waals surface area contributed by atoms with Crippen LogP contribution in [-0.4, -0.2) is 61.1 Å². The summed E-state index contributed by atoms with van der Waals surface area (Å²) in [5.41, 5.74) is 1.66. The summed E-state index contributed by atoms with van der Waals surface area (Å²) in [7, 11) is 0. The van der Waals surface area contributed by atoms with Crippen molar-refractivity contribution in [1.29, 1.82) is 0 Å². The number of ether oxygens (including phenoxy) is 4. The molecule has 0 bridgehead atoms. The molecular weight excluding hydrogens is 541 g/mol. The number of carbonyl (C=O) groups excluding carboxylic acids is 1. The van der Waals surface area contributed by atoms with Crippen LogP contribution in [0.2, 0.25) is 5.02 Å². The van der Waals surface area contributed by atoms with Gasteiger partial charge in [0.2, 0.25) is 0 Å². The second kappa shape index (κ2) is 16.4. The molecule has 0 aromatic heterocycles. The van der Waals surface area contributed by atoms with Crippen LogP contribution in [0.1, 0.15) is 24.5 Å². The fourth-order valence-corrected chi connectivity index (χ4v) is 3.91. The molecule has 0 aliphatic carbocycles. The molecular formula is C30H33ClFNO7. The van der Waals surface area contributed by atoms with Crippen molar-refractivity contribution >= 4 is 23.7 Å². The van der Waals surface area contributed by atoms with Gasteiger partial charge in [-0.2, -0.15) is 0 Å². The average molecular weight is 574 g/mol. The van der Waals surface area contributed by atoms with Crippen LogP contribution in [0.15, 0.2) is 72.8 Å². The number of carboxylic acids is 1. The minimum Gasteiger partial charge on any atom is -0.492 e. The van der Waals surface area contributed by atoms with E-state index in [9.17, 15) is 19.1 Å². The summed E-state index contributed by atoms with van der Waals surface area (Å²) in [6.07, 6.45) is -0.692. The van der Waals surface area contributed by atoms with Gasteiger partial charge < -0.3 is 29.0 Å². The van der Waals surface area contributed by atoms with Gasteiger partial charge in [-0.25, -0.2) is 14.0 Å². The molecule has 3 rings (SSSR count). The largest absolute Gasteiger partial charge is 0.492 e. The van der Waals surface area contributed by atoms with Crippen molar-refractivity contribution in [2.24, 2.45) is 0 Å². The standard InChI is InChI=1S/C30H33ClFNO7/c1-2-38-28(29(34)35)20-22-10-14-25(15-11-22)39-19-17-33(30(36)40-27-7-4-3-6-26(27)31)16-5-18-37-21-23-8-12-24(32)13-9-23/h3-4,6-15,28H,2,5,16-21H2,1H3,(H,34,35). The lowest BCUT2D eigenvalue weighted by Gasteiger charge is -2.22. The first-order valence-electron chi connectivity index (χ1n) is 12.9. The number of carbonyl (C=O) groups is 2. The highest BCUT2D eigenvalue weighted by molar-refractivity contribution is 6.32. The van der Waals surface area contributed by atoms with Gasteiger partial charge in [0.15, 0.2) is 11.9 Å². The van der Waals surface area contributed by atoms with E-state index in [2.05, 4.69) is 0 Å². The first-order chi connectivity index (χ1) is 19.4. The normalized spacial score (nSPS) is 11.6. The van der Waals surface area contributed by atoms with Gasteiger partial charge >= 0.3 is 12.1 Å². The number of hydrogen-bond donors (Lipinski definition) is 1. The molecule has 3 aromatic rings. The van der Waals surface area contributed by atoms with E-state index in [0.29, 0.717) is 43.6 Å². The second-order valence-electron chi connectivity index (χ2n) is 8.80. The summed E-state index contributed by atoms with van der Waals surface area (Å²) in [6.45, 7) is 3.58. The van der Waals surface area contributed by atoms with E-state index in [0.717, 1.165) is 11.1 Å².